The van der Waals surface area contributed by atoms with E-state index in [0.29, 0.717) is 0 Å². The molecule has 2 atom stereocenters. The van der Waals surface area contributed by atoms with Gasteiger partial charge in [0, 0.05) is 12.4 Å². The third-order valence-electron chi connectivity index (χ3n) is 1.96. The van der Waals surface area contributed by atoms with E-state index in [1.807, 2.05) is 12.3 Å². The van der Waals surface area contributed by atoms with Gasteiger partial charge in [-0.1, -0.05) is 0 Å². The Kier molecular flexibility index (Phi) is 0.952. The van der Waals surface area contributed by atoms with Crippen molar-refractivity contribution in [2.45, 2.75) is 18.5 Å². The van der Waals surface area contributed by atoms with Crippen molar-refractivity contribution in [1.82, 2.24) is 5.32 Å². The molecule has 0 aromatic rings. The van der Waals surface area contributed by atoms with Crippen LogP contribution in [0.25, 0.3) is 0 Å². The van der Waals surface area contributed by atoms with Crippen molar-refractivity contribution < 1.29 is 0 Å². The van der Waals surface area contributed by atoms with Crippen molar-refractivity contribution in [3.05, 3.63) is 12.3 Å². The second-order valence-electron chi connectivity index (χ2n) is 2.74. The molecule has 0 amide bonds. The SMILES string of the molecule is CC12C=CN=CC1NC=N2. The standard InChI is InChI=1S/C7H9N3/c1-7-2-3-8-4-6(7)9-5-10-7/h2-6H,1H3,(H,9,10). The van der Waals surface area contributed by atoms with Gasteiger partial charge in [0.05, 0.1) is 12.4 Å². The third kappa shape index (κ3) is 0.602. The van der Waals surface area contributed by atoms with Crippen molar-refractivity contribution in [3.8, 4) is 0 Å². The molecule has 2 aliphatic rings. The molecule has 0 spiro atoms. The van der Waals surface area contributed by atoms with E-state index in [0.717, 1.165) is 0 Å². The van der Waals surface area contributed by atoms with Gasteiger partial charge in [0.25, 0.3) is 0 Å². The largest absolute Gasteiger partial charge is 0.366 e. The molecule has 0 fully saturated rings. The van der Waals surface area contributed by atoms with Crippen LogP contribution in [0.1, 0.15) is 6.92 Å². The maximum absolute atomic E-state index is 4.28. The Bertz CT molecular complexity index is 229. The summed E-state index contributed by atoms with van der Waals surface area (Å²) in [5, 5.41) is 3.11. The van der Waals surface area contributed by atoms with Gasteiger partial charge in [-0.15, -0.1) is 0 Å². The summed E-state index contributed by atoms with van der Waals surface area (Å²) >= 11 is 0. The van der Waals surface area contributed by atoms with Crippen molar-refractivity contribution in [3.63, 3.8) is 0 Å². The molecule has 0 bridgehead atoms. The van der Waals surface area contributed by atoms with Gasteiger partial charge in [-0.25, -0.2) is 0 Å². The van der Waals surface area contributed by atoms with E-state index in [2.05, 4.69) is 22.2 Å². The summed E-state index contributed by atoms with van der Waals surface area (Å²) in [6, 6.07) is 0.262. The summed E-state index contributed by atoms with van der Waals surface area (Å²) in [7, 11) is 0. The zero-order valence-corrected chi connectivity index (χ0v) is 5.78. The molecule has 3 heteroatoms. The van der Waals surface area contributed by atoms with E-state index < -0.39 is 0 Å². The molecule has 0 aromatic carbocycles. The average molecular weight is 135 g/mol. The summed E-state index contributed by atoms with van der Waals surface area (Å²) in [4.78, 5) is 8.29. The molecular formula is C7H9N3. The number of hydrogen-bond donors (Lipinski definition) is 1. The topological polar surface area (TPSA) is 36.8 Å². The monoisotopic (exact) mass is 135 g/mol. The average Bonchev–Trinajstić information content (AvgIpc) is 2.29. The molecule has 0 saturated carbocycles. The number of fused-ring (bicyclic) bond motifs is 1. The Labute approximate surface area is 59.6 Å². The zero-order chi connectivity index (χ0) is 7.03. The second-order valence-corrected chi connectivity index (χ2v) is 2.74. The van der Waals surface area contributed by atoms with E-state index in [1.165, 1.54) is 0 Å². The zero-order valence-electron chi connectivity index (χ0n) is 5.78. The van der Waals surface area contributed by atoms with Gasteiger partial charge in [0.1, 0.15) is 5.54 Å². The fourth-order valence-electron chi connectivity index (χ4n) is 1.18. The quantitative estimate of drug-likeness (QED) is 0.511. The highest BCUT2D eigenvalue weighted by molar-refractivity contribution is 5.78. The molecule has 0 aromatic heterocycles. The van der Waals surface area contributed by atoms with E-state index in [-0.39, 0.29) is 11.6 Å². The van der Waals surface area contributed by atoms with Gasteiger partial charge in [0.2, 0.25) is 0 Å². The Hall–Kier alpha value is -1.12. The van der Waals surface area contributed by atoms with Gasteiger partial charge < -0.3 is 5.32 Å². The first-order valence-corrected chi connectivity index (χ1v) is 3.32. The lowest BCUT2D eigenvalue weighted by Crippen LogP contribution is -2.42. The van der Waals surface area contributed by atoms with Crippen LogP contribution < -0.4 is 5.32 Å². The number of rotatable bonds is 0. The maximum atomic E-state index is 4.28. The van der Waals surface area contributed by atoms with Crippen LogP contribution in [0.3, 0.4) is 0 Å². The van der Waals surface area contributed by atoms with Gasteiger partial charge in [0.15, 0.2) is 0 Å². The van der Waals surface area contributed by atoms with Crippen LogP contribution in [0.2, 0.25) is 0 Å². The fourth-order valence-corrected chi connectivity index (χ4v) is 1.18. The minimum Gasteiger partial charge on any atom is -0.366 e. The van der Waals surface area contributed by atoms with Gasteiger partial charge in [-0.3, -0.25) is 9.98 Å². The van der Waals surface area contributed by atoms with Crippen LogP contribution >= 0.6 is 0 Å². The minimum atomic E-state index is -0.0816. The first kappa shape index (κ1) is 5.65. The number of aliphatic imine (C=N–C) groups is 2. The van der Waals surface area contributed by atoms with Crippen LogP contribution in [0.5, 0.6) is 0 Å². The van der Waals surface area contributed by atoms with E-state index in [1.54, 1.807) is 12.5 Å². The fraction of sp³-hybridized carbons (Fsp3) is 0.429. The molecule has 10 heavy (non-hydrogen) atoms. The van der Waals surface area contributed by atoms with Crippen LogP contribution in [0.4, 0.5) is 0 Å². The van der Waals surface area contributed by atoms with Crippen molar-refractivity contribution >= 4 is 12.6 Å². The summed E-state index contributed by atoms with van der Waals surface area (Å²) < 4.78 is 0. The number of hydrogen-bond acceptors (Lipinski definition) is 3. The molecular weight excluding hydrogens is 126 g/mol. The highest BCUT2D eigenvalue weighted by atomic mass is 15.1. The molecule has 2 heterocycles. The maximum Gasteiger partial charge on any atom is 0.105 e. The predicted octanol–water partition coefficient (Wildman–Crippen LogP) is 0.343. The lowest BCUT2D eigenvalue weighted by Gasteiger charge is -2.23. The third-order valence-corrected chi connectivity index (χ3v) is 1.96. The molecule has 2 rings (SSSR count). The summed E-state index contributed by atoms with van der Waals surface area (Å²) in [6.45, 7) is 2.08. The summed E-state index contributed by atoms with van der Waals surface area (Å²) in [6.07, 6.45) is 7.42. The van der Waals surface area contributed by atoms with E-state index >= 15 is 0 Å². The smallest absolute Gasteiger partial charge is 0.105 e. The number of nitrogens with zero attached hydrogens (tertiary/aromatic N) is 2. The molecule has 0 radical (unpaired) electrons. The first-order chi connectivity index (χ1) is 4.81. The highest BCUT2D eigenvalue weighted by Gasteiger charge is 2.34. The van der Waals surface area contributed by atoms with E-state index in [9.17, 15) is 0 Å². The lowest BCUT2D eigenvalue weighted by atomic mass is 9.94. The molecule has 52 valence electrons. The first-order valence-electron chi connectivity index (χ1n) is 3.32. The molecule has 1 N–H and O–H groups in total. The van der Waals surface area contributed by atoms with Gasteiger partial charge in [-0.2, -0.15) is 0 Å². The summed E-state index contributed by atoms with van der Waals surface area (Å²) in [5.74, 6) is 0. The van der Waals surface area contributed by atoms with Crippen molar-refractivity contribution in [2.24, 2.45) is 9.98 Å². The molecule has 2 unspecified atom stereocenters. The number of nitrogens with one attached hydrogen (secondary N) is 1. The summed E-state index contributed by atoms with van der Waals surface area (Å²) in [5.41, 5.74) is -0.0816. The lowest BCUT2D eigenvalue weighted by molar-refractivity contribution is 0.551. The van der Waals surface area contributed by atoms with Gasteiger partial charge >= 0.3 is 0 Å². The van der Waals surface area contributed by atoms with Crippen LogP contribution in [-0.4, -0.2) is 24.1 Å². The van der Waals surface area contributed by atoms with Crippen LogP contribution in [0, 0.1) is 0 Å². The highest BCUT2D eigenvalue weighted by Crippen LogP contribution is 2.21. The minimum absolute atomic E-state index is 0.0816. The van der Waals surface area contributed by atoms with Crippen LogP contribution in [0.15, 0.2) is 22.3 Å². The molecule has 0 saturated heterocycles. The molecule has 2 aliphatic heterocycles. The Balaban J connectivity index is 2.37. The Morgan fingerprint density at radius 2 is 2.50 bits per heavy atom. The van der Waals surface area contributed by atoms with E-state index in [4.69, 9.17) is 0 Å². The Morgan fingerprint density at radius 1 is 1.60 bits per heavy atom. The normalized spacial score (nSPS) is 41.5. The molecule has 3 nitrogen and oxygen atoms in total. The second kappa shape index (κ2) is 1.68. The predicted molar refractivity (Wildman–Crippen MR) is 41.5 cm³/mol. The van der Waals surface area contributed by atoms with Crippen molar-refractivity contribution in [1.29, 1.82) is 0 Å². The Morgan fingerprint density at radius 3 is 3.30 bits per heavy atom. The molecule has 0 aliphatic carbocycles. The van der Waals surface area contributed by atoms with Gasteiger partial charge in [-0.05, 0) is 13.0 Å². The van der Waals surface area contributed by atoms with Crippen molar-refractivity contribution in [2.75, 3.05) is 0 Å². The van der Waals surface area contributed by atoms with Crippen LogP contribution in [-0.2, 0) is 0 Å².